The van der Waals surface area contributed by atoms with E-state index in [1.807, 2.05) is 16.8 Å². The van der Waals surface area contributed by atoms with Gasteiger partial charge in [-0.1, -0.05) is 11.6 Å². The van der Waals surface area contributed by atoms with Gasteiger partial charge in [0.2, 0.25) is 0 Å². The van der Waals surface area contributed by atoms with Crippen molar-refractivity contribution in [3.63, 3.8) is 0 Å². The maximum atomic E-state index is 13.6. The molecule has 4 rings (SSSR count). The van der Waals surface area contributed by atoms with Crippen LogP contribution in [0.5, 0.6) is 11.5 Å². The summed E-state index contributed by atoms with van der Waals surface area (Å²) in [5.41, 5.74) is 7.02. The van der Waals surface area contributed by atoms with Crippen LogP contribution >= 0.6 is 11.6 Å². The van der Waals surface area contributed by atoms with Gasteiger partial charge in [-0.15, -0.1) is 0 Å². The fraction of sp³-hybridized carbons (Fsp3) is 0.0952. The molecule has 4 aromatic rings. The number of fused-ring (bicyclic) bond motifs is 1. The van der Waals surface area contributed by atoms with Crippen LogP contribution in [-0.4, -0.2) is 32.2 Å². The molecule has 2 aromatic carbocycles. The molecule has 0 aliphatic heterocycles. The monoisotopic (exact) mass is 441 g/mol. The number of nitrogens with two attached hydrogens (primary N) is 1. The summed E-state index contributed by atoms with van der Waals surface area (Å²) >= 11 is 6.36. The number of rotatable bonds is 7. The molecule has 4 N–H and O–H groups in total. The second-order valence-corrected chi connectivity index (χ2v) is 6.97. The standard InChI is InChI=1S/C21H17ClFN5O3/c22-15-9-12(27-21-19-17(25-11-26-21)5-6-28(19)7-8-29)1-4-18(15)31-13-2-3-16(23)14(10-13)20(24)30/h1-6,9-11,29H,7-8H2,(H2,24,30)(H,25,26,27). The third-order valence-electron chi connectivity index (χ3n) is 4.52. The number of benzene rings is 2. The lowest BCUT2D eigenvalue weighted by atomic mass is 10.2. The number of aliphatic hydroxyl groups is 1. The van der Waals surface area contributed by atoms with Crippen LogP contribution < -0.4 is 15.8 Å². The fourth-order valence-corrected chi connectivity index (χ4v) is 3.32. The topological polar surface area (TPSA) is 115 Å². The summed E-state index contributed by atoms with van der Waals surface area (Å²) in [4.78, 5) is 19.8. The SMILES string of the molecule is NC(=O)c1cc(Oc2ccc(Nc3ncnc4ccn(CCO)c34)cc2Cl)ccc1F. The van der Waals surface area contributed by atoms with Crippen molar-refractivity contribution in [2.75, 3.05) is 11.9 Å². The summed E-state index contributed by atoms with van der Waals surface area (Å²) in [6.45, 7) is 0.390. The van der Waals surface area contributed by atoms with Crippen molar-refractivity contribution in [2.45, 2.75) is 6.54 Å². The van der Waals surface area contributed by atoms with Crippen LogP contribution in [-0.2, 0) is 6.54 Å². The predicted molar refractivity (Wildman–Crippen MR) is 114 cm³/mol. The number of anilines is 2. The van der Waals surface area contributed by atoms with Crippen LogP contribution in [0.25, 0.3) is 11.0 Å². The van der Waals surface area contributed by atoms with Gasteiger partial charge in [0.1, 0.15) is 29.2 Å². The van der Waals surface area contributed by atoms with E-state index in [1.54, 1.807) is 18.2 Å². The third-order valence-corrected chi connectivity index (χ3v) is 4.81. The highest BCUT2D eigenvalue weighted by Gasteiger charge is 2.13. The molecule has 8 nitrogen and oxygen atoms in total. The average Bonchev–Trinajstić information content (AvgIpc) is 3.15. The lowest BCUT2D eigenvalue weighted by molar-refractivity contribution is 0.0996. The van der Waals surface area contributed by atoms with E-state index in [9.17, 15) is 14.3 Å². The van der Waals surface area contributed by atoms with Crippen molar-refractivity contribution in [1.82, 2.24) is 14.5 Å². The minimum atomic E-state index is -0.893. The molecule has 0 unspecified atom stereocenters. The molecular weight excluding hydrogens is 425 g/mol. The number of halogens is 2. The van der Waals surface area contributed by atoms with Crippen molar-refractivity contribution >= 4 is 40.0 Å². The van der Waals surface area contributed by atoms with Gasteiger partial charge in [-0.05, 0) is 42.5 Å². The molecule has 0 saturated heterocycles. The predicted octanol–water partition coefficient (Wildman–Crippen LogP) is 3.85. The maximum Gasteiger partial charge on any atom is 0.251 e. The fourth-order valence-electron chi connectivity index (χ4n) is 3.10. The highest BCUT2D eigenvalue weighted by Crippen LogP contribution is 2.34. The molecule has 1 amide bonds. The molecule has 2 aromatic heterocycles. The number of ether oxygens (including phenoxy) is 1. The number of hydrogen-bond acceptors (Lipinski definition) is 6. The lowest BCUT2D eigenvalue weighted by Crippen LogP contribution is -2.13. The first-order valence-electron chi connectivity index (χ1n) is 9.20. The Bertz CT molecular complexity index is 1280. The summed E-state index contributed by atoms with van der Waals surface area (Å²) in [7, 11) is 0. The van der Waals surface area contributed by atoms with Crippen molar-refractivity contribution < 1.29 is 19.0 Å². The quantitative estimate of drug-likeness (QED) is 0.401. The highest BCUT2D eigenvalue weighted by molar-refractivity contribution is 6.32. The molecule has 31 heavy (non-hydrogen) atoms. The summed E-state index contributed by atoms with van der Waals surface area (Å²) in [5, 5.41) is 12.7. The van der Waals surface area contributed by atoms with Gasteiger partial charge in [0.05, 0.1) is 22.7 Å². The average molecular weight is 442 g/mol. The highest BCUT2D eigenvalue weighted by atomic mass is 35.5. The number of amides is 1. The summed E-state index contributed by atoms with van der Waals surface area (Å²) in [6.07, 6.45) is 3.27. The summed E-state index contributed by atoms with van der Waals surface area (Å²) < 4.78 is 21.2. The molecule has 0 bridgehead atoms. The number of nitrogens with zero attached hydrogens (tertiary/aromatic N) is 3. The maximum absolute atomic E-state index is 13.6. The Kier molecular flexibility index (Phi) is 5.70. The number of carbonyl (C=O) groups excluding carboxylic acids is 1. The van der Waals surface area contributed by atoms with E-state index in [4.69, 9.17) is 22.1 Å². The molecule has 0 aliphatic rings. The Morgan fingerprint density at radius 3 is 2.81 bits per heavy atom. The van der Waals surface area contributed by atoms with Gasteiger partial charge in [-0.3, -0.25) is 4.79 Å². The van der Waals surface area contributed by atoms with Gasteiger partial charge in [0.15, 0.2) is 5.82 Å². The van der Waals surface area contributed by atoms with E-state index in [1.165, 1.54) is 18.5 Å². The molecule has 10 heteroatoms. The minimum absolute atomic E-state index is 0.0170. The van der Waals surface area contributed by atoms with Crippen LogP contribution in [0.1, 0.15) is 10.4 Å². The van der Waals surface area contributed by atoms with Crippen LogP contribution in [0.15, 0.2) is 55.0 Å². The van der Waals surface area contributed by atoms with E-state index in [-0.39, 0.29) is 22.9 Å². The van der Waals surface area contributed by atoms with Gasteiger partial charge >= 0.3 is 0 Å². The molecule has 0 saturated carbocycles. The first-order valence-corrected chi connectivity index (χ1v) is 9.58. The smallest absolute Gasteiger partial charge is 0.251 e. The first-order chi connectivity index (χ1) is 15.0. The van der Waals surface area contributed by atoms with Crippen LogP contribution in [0.4, 0.5) is 15.9 Å². The summed E-state index contributed by atoms with van der Waals surface area (Å²) in [5.74, 6) is -0.538. The van der Waals surface area contributed by atoms with Gasteiger partial charge in [0, 0.05) is 18.4 Å². The van der Waals surface area contributed by atoms with Gasteiger partial charge in [-0.25, -0.2) is 14.4 Å². The van der Waals surface area contributed by atoms with Gasteiger partial charge in [-0.2, -0.15) is 0 Å². The number of aliphatic hydroxyl groups excluding tert-OH is 1. The van der Waals surface area contributed by atoms with Crippen molar-refractivity contribution in [1.29, 1.82) is 0 Å². The van der Waals surface area contributed by atoms with E-state index in [0.29, 0.717) is 23.8 Å². The van der Waals surface area contributed by atoms with Crippen molar-refractivity contribution in [2.24, 2.45) is 5.73 Å². The molecular formula is C21H17ClFN5O3. The number of primary amides is 1. The van der Waals surface area contributed by atoms with Gasteiger partial charge in [0.25, 0.3) is 5.91 Å². The van der Waals surface area contributed by atoms with E-state index >= 15 is 0 Å². The molecule has 0 spiro atoms. The van der Waals surface area contributed by atoms with Gasteiger partial charge < -0.3 is 25.5 Å². The zero-order valence-electron chi connectivity index (χ0n) is 16.0. The number of carbonyl (C=O) groups is 1. The van der Waals surface area contributed by atoms with Crippen LogP contribution in [0, 0.1) is 5.82 Å². The number of nitrogens with one attached hydrogen (secondary N) is 1. The third kappa shape index (κ3) is 4.27. The molecule has 2 heterocycles. The molecule has 0 atom stereocenters. The lowest BCUT2D eigenvalue weighted by Gasteiger charge is -2.12. The Hall–Kier alpha value is -3.69. The minimum Gasteiger partial charge on any atom is -0.456 e. The normalized spacial score (nSPS) is 10.9. The van der Waals surface area contributed by atoms with Crippen LogP contribution in [0.2, 0.25) is 5.02 Å². The van der Waals surface area contributed by atoms with E-state index < -0.39 is 11.7 Å². The second-order valence-electron chi connectivity index (χ2n) is 6.57. The largest absolute Gasteiger partial charge is 0.456 e. The van der Waals surface area contributed by atoms with Crippen molar-refractivity contribution in [3.8, 4) is 11.5 Å². The van der Waals surface area contributed by atoms with E-state index in [2.05, 4.69) is 15.3 Å². The zero-order valence-corrected chi connectivity index (χ0v) is 16.8. The zero-order chi connectivity index (χ0) is 22.0. The Balaban J connectivity index is 1.59. The Morgan fingerprint density at radius 2 is 2.06 bits per heavy atom. The number of hydrogen-bond donors (Lipinski definition) is 3. The first kappa shape index (κ1) is 20.6. The molecule has 0 aliphatic carbocycles. The summed E-state index contributed by atoms with van der Waals surface area (Å²) in [6, 6.07) is 10.5. The van der Waals surface area contributed by atoms with Crippen LogP contribution in [0.3, 0.4) is 0 Å². The molecule has 0 fully saturated rings. The number of aromatic nitrogens is 3. The molecule has 158 valence electrons. The van der Waals surface area contributed by atoms with Crippen molar-refractivity contribution in [3.05, 3.63) is 71.4 Å². The molecule has 0 radical (unpaired) electrons. The Labute approximate surface area is 181 Å². The van der Waals surface area contributed by atoms with E-state index in [0.717, 1.165) is 17.1 Å². The Morgan fingerprint density at radius 1 is 1.23 bits per heavy atom. The second kappa shape index (κ2) is 8.58.